The van der Waals surface area contributed by atoms with Gasteiger partial charge in [0.2, 0.25) is 5.91 Å². The molecule has 152 valence electrons. The van der Waals surface area contributed by atoms with Crippen molar-refractivity contribution in [2.24, 2.45) is 10.6 Å². The van der Waals surface area contributed by atoms with Crippen molar-refractivity contribution in [3.05, 3.63) is 35.6 Å². The first-order valence-corrected chi connectivity index (χ1v) is 9.91. The van der Waals surface area contributed by atoms with E-state index in [0.29, 0.717) is 45.4 Å². The second kappa shape index (κ2) is 8.71. The van der Waals surface area contributed by atoms with Gasteiger partial charge in [0, 0.05) is 32.4 Å². The predicted octanol–water partition coefficient (Wildman–Crippen LogP) is 3.29. The zero-order valence-corrected chi connectivity index (χ0v) is 16.4. The zero-order valence-electron chi connectivity index (χ0n) is 16.4. The molecule has 1 fully saturated rings. The molecule has 2 heterocycles. The first kappa shape index (κ1) is 20.3. The normalized spacial score (nSPS) is 24.5. The van der Waals surface area contributed by atoms with Crippen LogP contribution >= 0.6 is 0 Å². The van der Waals surface area contributed by atoms with Crippen molar-refractivity contribution in [1.29, 1.82) is 0 Å². The summed E-state index contributed by atoms with van der Waals surface area (Å²) < 4.78 is 18.5. The Balaban J connectivity index is 1.73. The van der Waals surface area contributed by atoms with Gasteiger partial charge in [0.1, 0.15) is 11.9 Å². The second-order valence-electron chi connectivity index (χ2n) is 7.45. The van der Waals surface area contributed by atoms with Gasteiger partial charge in [0.15, 0.2) is 0 Å². The Labute approximate surface area is 164 Å². The fourth-order valence-electron chi connectivity index (χ4n) is 4.06. The number of hydrogen-bond donors (Lipinski definition) is 0. The Bertz CT molecular complexity index is 749. The summed E-state index contributed by atoms with van der Waals surface area (Å²) in [7, 11) is 0. The first-order chi connectivity index (χ1) is 13.5. The Morgan fingerprint density at radius 1 is 1.32 bits per heavy atom. The van der Waals surface area contributed by atoms with Gasteiger partial charge in [-0.2, -0.15) is 0 Å². The van der Waals surface area contributed by atoms with E-state index >= 15 is 0 Å². The Kier molecular flexibility index (Phi) is 6.31. The van der Waals surface area contributed by atoms with E-state index < -0.39 is 5.41 Å². The van der Waals surface area contributed by atoms with Crippen molar-refractivity contribution >= 4 is 17.6 Å². The molecule has 2 atom stereocenters. The molecule has 0 saturated carbocycles. The third-order valence-corrected chi connectivity index (χ3v) is 5.47. The largest absolute Gasteiger partial charge is 0.466 e. The van der Waals surface area contributed by atoms with E-state index in [1.54, 1.807) is 24.0 Å². The van der Waals surface area contributed by atoms with Crippen LogP contribution in [0.15, 0.2) is 29.4 Å². The smallest absolute Gasteiger partial charge is 0.314 e. The van der Waals surface area contributed by atoms with Gasteiger partial charge in [-0.15, -0.1) is 0 Å². The topological polar surface area (TPSA) is 68.2 Å². The average Bonchev–Trinajstić information content (AvgIpc) is 3.16. The van der Waals surface area contributed by atoms with Crippen molar-refractivity contribution in [3.8, 4) is 0 Å². The summed E-state index contributed by atoms with van der Waals surface area (Å²) in [5.74, 6) is -0.532. The number of ether oxygens (including phenoxy) is 1. The number of halogens is 1. The number of carbonyl (C=O) groups excluding carboxylic acids is 2. The zero-order chi connectivity index (χ0) is 20.1. The van der Waals surface area contributed by atoms with Gasteiger partial charge in [-0.1, -0.05) is 24.2 Å². The number of nitrogens with zero attached hydrogens (tertiary/aromatic N) is 2. The molecule has 0 radical (unpaired) electrons. The van der Waals surface area contributed by atoms with Crippen LogP contribution in [0, 0.1) is 11.2 Å². The molecule has 2 aliphatic heterocycles. The van der Waals surface area contributed by atoms with Crippen LogP contribution in [0.1, 0.15) is 51.5 Å². The molecule has 0 aromatic heterocycles. The van der Waals surface area contributed by atoms with Crippen LogP contribution in [0.3, 0.4) is 0 Å². The van der Waals surface area contributed by atoms with Crippen LogP contribution in [0.25, 0.3) is 0 Å². The molecule has 6 nitrogen and oxygen atoms in total. The van der Waals surface area contributed by atoms with Gasteiger partial charge < -0.3 is 14.5 Å². The maximum absolute atomic E-state index is 13.1. The Morgan fingerprint density at radius 3 is 2.75 bits per heavy atom. The molecule has 3 rings (SSSR count). The van der Waals surface area contributed by atoms with Gasteiger partial charge in [-0.3, -0.25) is 9.59 Å². The molecule has 0 unspecified atom stereocenters. The number of esters is 1. The van der Waals surface area contributed by atoms with E-state index in [9.17, 15) is 14.0 Å². The number of likely N-dealkylation sites (tertiary alicyclic amines) is 1. The summed E-state index contributed by atoms with van der Waals surface area (Å²) in [5, 5.41) is 4.15. The minimum atomic E-state index is -0.780. The summed E-state index contributed by atoms with van der Waals surface area (Å²) >= 11 is 0. The molecular formula is C21H27FN2O4. The van der Waals surface area contributed by atoms with E-state index in [1.807, 2.05) is 6.92 Å². The van der Waals surface area contributed by atoms with Crippen molar-refractivity contribution < 1.29 is 23.6 Å². The number of piperidine rings is 1. The molecule has 2 aliphatic rings. The van der Waals surface area contributed by atoms with E-state index in [1.165, 1.54) is 12.1 Å². The molecular weight excluding hydrogens is 363 g/mol. The van der Waals surface area contributed by atoms with Crippen molar-refractivity contribution in [1.82, 2.24) is 4.90 Å². The number of oxime groups is 1. The van der Waals surface area contributed by atoms with Crippen LogP contribution < -0.4 is 0 Å². The van der Waals surface area contributed by atoms with Gasteiger partial charge in [0.05, 0.1) is 17.7 Å². The Morgan fingerprint density at radius 2 is 2.07 bits per heavy atom. The lowest BCUT2D eigenvalue weighted by molar-refractivity contribution is -0.163. The van der Waals surface area contributed by atoms with Crippen LogP contribution in [0.5, 0.6) is 0 Å². The molecule has 28 heavy (non-hydrogen) atoms. The highest BCUT2D eigenvalue weighted by Crippen LogP contribution is 2.39. The van der Waals surface area contributed by atoms with Gasteiger partial charge >= 0.3 is 5.97 Å². The molecule has 0 aliphatic carbocycles. The van der Waals surface area contributed by atoms with Crippen LogP contribution in [0.2, 0.25) is 0 Å². The maximum Gasteiger partial charge on any atom is 0.314 e. The molecule has 0 bridgehead atoms. The highest BCUT2D eigenvalue weighted by Gasteiger charge is 2.47. The molecule has 0 N–H and O–H groups in total. The third-order valence-electron chi connectivity index (χ3n) is 5.47. The molecule has 1 aromatic carbocycles. The number of benzene rings is 1. The van der Waals surface area contributed by atoms with E-state index in [4.69, 9.17) is 9.57 Å². The lowest BCUT2D eigenvalue weighted by Crippen LogP contribution is -2.51. The summed E-state index contributed by atoms with van der Waals surface area (Å²) in [6.07, 6.45) is 2.52. The van der Waals surface area contributed by atoms with E-state index in [-0.39, 0.29) is 23.8 Å². The molecule has 1 aromatic rings. The van der Waals surface area contributed by atoms with E-state index in [2.05, 4.69) is 5.16 Å². The van der Waals surface area contributed by atoms with Crippen molar-refractivity contribution in [2.75, 3.05) is 19.7 Å². The van der Waals surface area contributed by atoms with Gasteiger partial charge in [-0.05, 0) is 37.5 Å². The van der Waals surface area contributed by atoms with Crippen molar-refractivity contribution in [3.63, 3.8) is 0 Å². The van der Waals surface area contributed by atoms with Gasteiger partial charge in [0.25, 0.3) is 0 Å². The lowest BCUT2D eigenvalue weighted by Gasteiger charge is -2.41. The lowest BCUT2D eigenvalue weighted by atomic mass is 9.74. The maximum atomic E-state index is 13.1. The summed E-state index contributed by atoms with van der Waals surface area (Å²) in [6.45, 7) is 4.92. The second-order valence-corrected chi connectivity index (χ2v) is 7.45. The minimum absolute atomic E-state index is 0.0453. The summed E-state index contributed by atoms with van der Waals surface area (Å²) in [5.41, 5.74) is 0.763. The molecule has 1 saturated heterocycles. The number of amides is 1. The average molecular weight is 390 g/mol. The summed E-state index contributed by atoms with van der Waals surface area (Å²) in [6, 6.07) is 6.12. The molecule has 1 amide bonds. The molecule has 0 spiro atoms. The standard InChI is InChI=1S/C21H27FN2O4/c1-3-19(25)24-11-5-10-21(14-24,20(26)27-4-2)13-17-12-18(23-28-17)15-6-8-16(22)9-7-15/h6-9,17H,3-5,10-14H2,1-2H3/t17-,21+/m1/s1. The van der Waals surface area contributed by atoms with Crippen LogP contribution in [0.4, 0.5) is 4.39 Å². The first-order valence-electron chi connectivity index (χ1n) is 9.91. The fourth-order valence-corrected chi connectivity index (χ4v) is 4.06. The highest BCUT2D eigenvalue weighted by molar-refractivity contribution is 6.01. The summed E-state index contributed by atoms with van der Waals surface area (Å²) in [4.78, 5) is 32.5. The number of carbonyl (C=O) groups is 2. The van der Waals surface area contributed by atoms with Gasteiger partial charge in [-0.25, -0.2) is 4.39 Å². The molecule has 7 heteroatoms. The van der Waals surface area contributed by atoms with E-state index in [0.717, 1.165) is 17.7 Å². The third kappa shape index (κ3) is 4.34. The van der Waals surface area contributed by atoms with Crippen LogP contribution in [-0.4, -0.2) is 48.3 Å². The number of hydrogen-bond acceptors (Lipinski definition) is 5. The SMILES string of the molecule is CCOC(=O)[C@]1(C[C@H]2CC(c3ccc(F)cc3)=NO2)CCCN(C(=O)CC)C1. The Hall–Kier alpha value is -2.44. The minimum Gasteiger partial charge on any atom is -0.466 e. The fraction of sp³-hybridized carbons (Fsp3) is 0.571. The number of rotatable bonds is 6. The quantitative estimate of drug-likeness (QED) is 0.699. The van der Waals surface area contributed by atoms with Crippen molar-refractivity contribution in [2.45, 2.75) is 52.1 Å². The highest BCUT2D eigenvalue weighted by atomic mass is 19.1. The predicted molar refractivity (Wildman–Crippen MR) is 102 cm³/mol. The van der Waals surface area contributed by atoms with Crippen LogP contribution in [-0.2, 0) is 19.2 Å². The monoisotopic (exact) mass is 390 g/mol.